The maximum Gasteiger partial charge on any atom is 0.0359 e. The molecule has 2 rings (SSSR count). The Balaban J connectivity index is 1.61. The third-order valence-electron chi connectivity index (χ3n) is 4.36. The molecule has 0 aromatic carbocycles. The van der Waals surface area contributed by atoms with Crippen LogP contribution in [0.5, 0.6) is 0 Å². The summed E-state index contributed by atoms with van der Waals surface area (Å²) in [6, 6.07) is 0.818. The molecule has 0 saturated carbocycles. The first-order valence-electron chi connectivity index (χ1n) is 7.60. The Hall–Kier alpha value is -0.760. The second-order valence-electron chi connectivity index (χ2n) is 5.77. The first-order chi connectivity index (χ1) is 8.77. The summed E-state index contributed by atoms with van der Waals surface area (Å²) in [5, 5.41) is 0. The molecule has 18 heavy (non-hydrogen) atoms. The van der Waals surface area contributed by atoms with Crippen LogP contribution in [0.1, 0.15) is 46.0 Å². The monoisotopic (exact) mass is 248 g/mol. The van der Waals surface area contributed by atoms with Crippen LogP contribution in [0, 0.1) is 0 Å². The first-order valence-corrected chi connectivity index (χ1v) is 7.60. The van der Waals surface area contributed by atoms with Crippen molar-refractivity contribution in [2.75, 3.05) is 26.2 Å². The van der Waals surface area contributed by atoms with E-state index in [1.165, 1.54) is 57.4 Å². The molecule has 2 heteroatoms. The SMILES string of the molecule is CC1=CC=CCN1CCCCN1CCCCC1C. The van der Waals surface area contributed by atoms with Gasteiger partial charge in [0.05, 0.1) is 0 Å². The normalized spacial score (nSPS) is 25.3. The molecule has 2 aliphatic rings. The van der Waals surface area contributed by atoms with Crippen LogP contribution in [0.15, 0.2) is 23.9 Å². The molecule has 0 aromatic heterocycles. The summed E-state index contributed by atoms with van der Waals surface area (Å²) < 4.78 is 0. The van der Waals surface area contributed by atoms with Crippen LogP contribution in [0.25, 0.3) is 0 Å². The van der Waals surface area contributed by atoms with Crippen molar-refractivity contribution >= 4 is 0 Å². The number of hydrogen-bond acceptors (Lipinski definition) is 2. The van der Waals surface area contributed by atoms with Crippen LogP contribution in [-0.4, -0.2) is 42.0 Å². The molecule has 0 N–H and O–H groups in total. The maximum absolute atomic E-state index is 2.68. The molecule has 0 radical (unpaired) electrons. The minimum Gasteiger partial charge on any atom is -0.371 e. The van der Waals surface area contributed by atoms with E-state index in [1.54, 1.807) is 0 Å². The van der Waals surface area contributed by atoms with Gasteiger partial charge < -0.3 is 9.80 Å². The summed E-state index contributed by atoms with van der Waals surface area (Å²) in [6.07, 6.45) is 13.5. The number of nitrogens with zero attached hydrogens (tertiary/aromatic N) is 2. The Bertz CT molecular complexity index is 306. The standard InChI is InChI=1S/C16H28N2/c1-15-9-3-5-11-17(15)13-7-8-14-18-12-6-4-10-16(18)2/h3,5,9,16H,4,6-8,10-14H2,1-2H3. The van der Waals surface area contributed by atoms with Crippen LogP contribution >= 0.6 is 0 Å². The third-order valence-corrected chi connectivity index (χ3v) is 4.36. The van der Waals surface area contributed by atoms with Gasteiger partial charge in [0, 0.05) is 24.8 Å². The molecule has 0 spiro atoms. The number of likely N-dealkylation sites (tertiary alicyclic amines) is 1. The Morgan fingerprint density at radius 2 is 2.06 bits per heavy atom. The van der Waals surface area contributed by atoms with E-state index in [2.05, 4.69) is 41.9 Å². The van der Waals surface area contributed by atoms with Gasteiger partial charge >= 0.3 is 0 Å². The van der Waals surface area contributed by atoms with E-state index in [1.807, 2.05) is 0 Å². The highest BCUT2D eigenvalue weighted by atomic mass is 15.2. The molecule has 0 bridgehead atoms. The van der Waals surface area contributed by atoms with Crippen LogP contribution in [-0.2, 0) is 0 Å². The fourth-order valence-corrected chi connectivity index (χ4v) is 3.02. The third kappa shape index (κ3) is 3.88. The molecule has 1 fully saturated rings. The van der Waals surface area contributed by atoms with Gasteiger partial charge in [-0.15, -0.1) is 0 Å². The van der Waals surface area contributed by atoms with Crippen molar-refractivity contribution < 1.29 is 0 Å². The van der Waals surface area contributed by atoms with Crippen LogP contribution in [0.4, 0.5) is 0 Å². The molecular formula is C16H28N2. The Morgan fingerprint density at radius 1 is 1.22 bits per heavy atom. The topological polar surface area (TPSA) is 6.48 Å². The van der Waals surface area contributed by atoms with Gasteiger partial charge in [-0.1, -0.05) is 18.6 Å². The van der Waals surface area contributed by atoms with Gasteiger partial charge in [0.25, 0.3) is 0 Å². The molecule has 1 atom stereocenters. The fraction of sp³-hybridized carbons (Fsp3) is 0.750. The number of allylic oxidation sites excluding steroid dienone is 3. The molecule has 1 unspecified atom stereocenters. The van der Waals surface area contributed by atoms with Crippen LogP contribution in [0.3, 0.4) is 0 Å². The zero-order chi connectivity index (χ0) is 12.8. The average Bonchev–Trinajstić information content (AvgIpc) is 2.38. The summed E-state index contributed by atoms with van der Waals surface area (Å²) in [5.41, 5.74) is 1.42. The van der Waals surface area contributed by atoms with Gasteiger partial charge in [0.2, 0.25) is 0 Å². The highest BCUT2D eigenvalue weighted by Crippen LogP contribution is 2.17. The van der Waals surface area contributed by atoms with Gasteiger partial charge in [-0.2, -0.15) is 0 Å². The van der Waals surface area contributed by atoms with Crippen LogP contribution < -0.4 is 0 Å². The summed E-state index contributed by atoms with van der Waals surface area (Å²) >= 11 is 0. The summed E-state index contributed by atoms with van der Waals surface area (Å²) in [4.78, 5) is 5.17. The molecule has 2 nitrogen and oxygen atoms in total. The predicted molar refractivity (Wildman–Crippen MR) is 78.6 cm³/mol. The zero-order valence-electron chi connectivity index (χ0n) is 12.1. The largest absolute Gasteiger partial charge is 0.371 e. The van der Waals surface area contributed by atoms with Crippen molar-refractivity contribution in [3.05, 3.63) is 23.9 Å². The van der Waals surface area contributed by atoms with Crippen LogP contribution in [0.2, 0.25) is 0 Å². The Morgan fingerprint density at radius 3 is 2.83 bits per heavy atom. The molecule has 0 aromatic rings. The lowest BCUT2D eigenvalue weighted by Gasteiger charge is -2.33. The smallest absolute Gasteiger partial charge is 0.0359 e. The minimum atomic E-state index is 0.818. The quantitative estimate of drug-likeness (QED) is 0.688. The van der Waals surface area contributed by atoms with Crippen molar-refractivity contribution in [2.24, 2.45) is 0 Å². The lowest BCUT2D eigenvalue weighted by molar-refractivity contribution is 0.156. The average molecular weight is 248 g/mol. The highest BCUT2D eigenvalue weighted by molar-refractivity contribution is 5.15. The molecule has 102 valence electrons. The predicted octanol–water partition coefficient (Wildman–Crippen LogP) is 3.42. The van der Waals surface area contributed by atoms with E-state index in [4.69, 9.17) is 0 Å². The van der Waals surface area contributed by atoms with E-state index in [0.29, 0.717) is 0 Å². The second-order valence-corrected chi connectivity index (χ2v) is 5.77. The number of hydrogen-bond donors (Lipinski definition) is 0. The number of unbranched alkanes of at least 4 members (excludes halogenated alkanes) is 1. The van der Waals surface area contributed by atoms with E-state index in [0.717, 1.165) is 12.6 Å². The second kappa shape index (κ2) is 6.98. The fourth-order valence-electron chi connectivity index (χ4n) is 3.02. The molecule has 1 saturated heterocycles. The van der Waals surface area contributed by atoms with Crippen molar-refractivity contribution in [1.29, 1.82) is 0 Å². The van der Waals surface area contributed by atoms with E-state index in [-0.39, 0.29) is 0 Å². The number of piperidine rings is 1. The summed E-state index contributed by atoms with van der Waals surface area (Å²) in [6.45, 7) is 9.55. The van der Waals surface area contributed by atoms with Gasteiger partial charge in [-0.05, 0) is 58.7 Å². The Kier molecular flexibility index (Phi) is 5.30. The molecule has 0 amide bonds. The van der Waals surface area contributed by atoms with Gasteiger partial charge in [0.15, 0.2) is 0 Å². The minimum absolute atomic E-state index is 0.818. The van der Waals surface area contributed by atoms with Gasteiger partial charge in [0.1, 0.15) is 0 Å². The molecular weight excluding hydrogens is 220 g/mol. The molecule has 2 aliphatic heterocycles. The van der Waals surface area contributed by atoms with Gasteiger partial charge in [-0.25, -0.2) is 0 Å². The van der Waals surface area contributed by atoms with Crippen molar-refractivity contribution in [1.82, 2.24) is 9.80 Å². The lowest BCUT2D eigenvalue weighted by atomic mass is 10.0. The zero-order valence-corrected chi connectivity index (χ0v) is 12.1. The summed E-state index contributed by atoms with van der Waals surface area (Å²) in [5.74, 6) is 0. The highest BCUT2D eigenvalue weighted by Gasteiger charge is 2.17. The molecule has 0 aliphatic carbocycles. The van der Waals surface area contributed by atoms with E-state index in [9.17, 15) is 0 Å². The van der Waals surface area contributed by atoms with Gasteiger partial charge in [-0.3, -0.25) is 0 Å². The lowest BCUT2D eigenvalue weighted by Crippen LogP contribution is -2.38. The van der Waals surface area contributed by atoms with E-state index >= 15 is 0 Å². The number of rotatable bonds is 5. The Labute approximate surface area is 112 Å². The van der Waals surface area contributed by atoms with E-state index < -0.39 is 0 Å². The molecule has 2 heterocycles. The summed E-state index contributed by atoms with van der Waals surface area (Å²) in [7, 11) is 0. The van der Waals surface area contributed by atoms with Crippen molar-refractivity contribution in [3.63, 3.8) is 0 Å². The van der Waals surface area contributed by atoms with Crippen molar-refractivity contribution in [2.45, 2.75) is 52.0 Å². The van der Waals surface area contributed by atoms with Crippen molar-refractivity contribution in [3.8, 4) is 0 Å². The first kappa shape index (κ1) is 13.7. The maximum atomic E-state index is 2.68.